The molecule has 4 amide bonds. The molecule has 0 radical (unpaired) electrons. The number of unbranched alkanes of at least 4 members (excludes halogenated alkanes) is 1. The number of carbonyl (C=O) groups excluding carboxylic acids is 4. The van der Waals surface area contributed by atoms with Gasteiger partial charge in [-0.1, -0.05) is 60.7 Å². The molecule has 0 bridgehead atoms. The number of anilines is 2. The molecule has 0 spiro atoms. The molecule has 4 rings (SSSR count). The van der Waals surface area contributed by atoms with E-state index in [0.717, 1.165) is 22.5 Å². The van der Waals surface area contributed by atoms with Gasteiger partial charge >= 0.3 is 0 Å². The van der Waals surface area contributed by atoms with Crippen molar-refractivity contribution in [3.05, 3.63) is 143 Å². The van der Waals surface area contributed by atoms with Gasteiger partial charge in [-0.15, -0.1) is 0 Å². The summed E-state index contributed by atoms with van der Waals surface area (Å²) in [5.41, 5.74) is 4.64. The highest BCUT2D eigenvalue weighted by Gasteiger charge is 2.16. The number of hydrogen-bond donors (Lipinski definition) is 4. The van der Waals surface area contributed by atoms with E-state index in [1.807, 2.05) is 98.7 Å². The summed E-state index contributed by atoms with van der Waals surface area (Å²) in [6, 6.07) is 32.6. The highest BCUT2D eigenvalue weighted by molar-refractivity contribution is 6.06. The topological polar surface area (TPSA) is 123 Å². The Morgan fingerprint density at radius 2 is 0.840 bits per heavy atom. The monoisotopic (exact) mass is 672 g/mol. The van der Waals surface area contributed by atoms with Gasteiger partial charge < -0.3 is 31.1 Å². The van der Waals surface area contributed by atoms with E-state index in [1.54, 1.807) is 60.7 Å². The second-order valence-corrected chi connectivity index (χ2v) is 11.9. The van der Waals surface area contributed by atoms with E-state index >= 15 is 0 Å². The van der Waals surface area contributed by atoms with E-state index in [4.69, 9.17) is 0 Å². The van der Waals surface area contributed by atoms with Crippen molar-refractivity contribution >= 4 is 47.2 Å². The van der Waals surface area contributed by atoms with Crippen molar-refractivity contribution in [1.29, 1.82) is 0 Å². The lowest BCUT2D eigenvalue weighted by atomic mass is 10.1. The third-order valence-electron chi connectivity index (χ3n) is 7.67. The average molecular weight is 673 g/mol. The summed E-state index contributed by atoms with van der Waals surface area (Å²) in [5.74, 6) is -1.64. The lowest BCUT2D eigenvalue weighted by Gasteiger charge is -2.14. The van der Waals surface area contributed by atoms with Crippen LogP contribution in [-0.2, 0) is 9.59 Å². The van der Waals surface area contributed by atoms with Crippen LogP contribution in [0.25, 0.3) is 12.2 Å². The van der Waals surface area contributed by atoms with Crippen LogP contribution in [-0.4, -0.2) is 64.9 Å². The first-order valence-electron chi connectivity index (χ1n) is 16.4. The van der Waals surface area contributed by atoms with Crippen molar-refractivity contribution in [2.45, 2.75) is 12.8 Å². The Labute approximate surface area is 293 Å². The Morgan fingerprint density at radius 1 is 0.500 bits per heavy atom. The Balaban J connectivity index is 1.35. The maximum absolute atomic E-state index is 13.2. The van der Waals surface area contributed by atoms with Gasteiger partial charge in [0, 0.05) is 63.8 Å². The molecule has 10 heteroatoms. The molecule has 0 aromatic heterocycles. The van der Waals surface area contributed by atoms with Crippen molar-refractivity contribution < 1.29 is 19.2 Å². The molecule has 0 atom stereocenters. The molecule has 0 aliphatic carbocycles. The van der Waals surface area contributed by atoms with Crippen LogP contribution in [0.5, 0.6) is 0 Å². The minimum atomic E-state index is -0.427. The molecule has 10 nitrogen and oxygen atoms in total. The SMILES string of the molecule is CN(C)c1ccc(C=C(NC(=O)c2ccccc2)C(=O)NCCCCNC(=O)C(=Cc2ccc(N(C)C)cc2)NC(=O)c2ccccc2)cc1. The fraction of sp³-hybridized carbons (Fsp3) is 0.200. The summed E-state index contributed by atoms with van der Waals surface area (Å²) < 4.78 is 0. The first kappa shape index (κ1) is 36.7. The van der Waals surface area contributed by atoms with Crippen LogP contribution in [0.2, 0.25) is 0 Å². The normalized spacial score (nSPS) is 11.3. The predicted molar refractivity (Wildman–Crippen MR) is 201 cm³/mol. The molecule has 4 aromatic rings. The summed E-state index contributed by atoms with van der Waals surface area (Å²) in [7, 11) is 7.78. The molecule has 0 saturated carbocycles. The molecule has 0 aliphatic heterocycles. The molecule has 4 aromatic carbocycles. The number of amides is 4. The largest absolute Gasteiger partial charge is 0.378 e. The third-order valence-corrected chi connectivity index (χ3v) is 7.67. The smallest absolute Gasteiger partial charge is 0.267 e. The summed E-state index contributed by atoms with van der Waals surface area (Å²) >= 11 is 0. The van der Waals surface area contributed by atoms with Gasteiger partial charge in [-0.3, -0.25) is 19.2 Å². The van der Waals surface area contributed by atoms with Crippen molar-refractivity contribution in [3.63, 3.8) is 0 Å². The van der Waals surface area contributed by atoms with Gasteiger partial charge in [0.2, 0.25) is 0 Å². The van der Waals surface area contributed by atoms with Crippen LogP contribution in [0.3, 0.4) is 0 Å². The lowest BCUT2D eigenvalue weighted by molar-refractivity contribution is -0.118. The van der Waals surface area contributed by atoms with Crippen molar-refractivity contribution in [3.8, 4) is 0 Å². The molecular formula is C40H44N6O4. The summed E-state index contributed by atoms with van der Waals surface area (Å²) in [5, 5.41) is 11.3. The zero-order valence-electron chi connectivity index (χ0n) is 28.9. The van der Waals surface area contributed by atoms with Crippen LogP contribution >= 0.6 is 0 Å². The zero-order chi connectivity index (χ0) is 35.9. The van der Waals surface area contributed by atoms with Gasteiger partial charge in [0.05, 0.1) is 0 Å². The highest BCUT2D eigenvalue weighted by atomic mass is 16.2. The first-order valence-corrected chi connectivity index (χ1v) is 16.4. The molecule has 4 N–H and O–H groups in total. The van der Waals surface area contributed by atoms with E-state index in [1.165, 1.54) is 0 Å². The van der Waals surface area contributed by atoms with Crippen LogP contribution in [0, 0.1) is 0 Å². The number of hydrogen-bond acceptors (Lipinski definition) is 6. The van der Waals surface area contributed by atoms with E-state index in [2.05, 4.69) is 21.3 Å². The minimum absolute atomic E-state index is 0.118. The molecule has 0 saturated heterocycles. The molecule has 0 heterocycles. The van der Waals surface area contributed by atoms with E-state index in [9.17, 15) is 19.2 Å². The number of nitrogens with one attached hydrogen (secondary N) is 4. The Bertz CT molecular complexity index is 1670. The molecular weight excluding hydrogens is 628 g/mol. The quantitative estimate of drug-likeness (QED) is 0.103. The van der Waals surface area contributed by atoms with Crippen molar-refractivity contribution in [2.75, 3.05) is 51.1 Å². The molecule has 0 unspecified atom stereocenters. The standard InChI is InChI=1S/C40H44N6O4/c1-45(2)33-21-17-29(18-22-33)27-35(43-37(47)31-13-7-5-8-14-31)39(49)41-25-11-12-26-42-40(50)36(44-38(48)32-15-9-6-10-16-32)28-30-19-23-34(24-20-30)46(3)4/h5-10,13-24,27-28H,11-12,25-26H2,1-4H3,(H,41,49)(H,42,50)(H,43,47)(H,44,48). The average Bonchev–Trinajstić information content (AvgIpc) is 3.13. The summed E-state index contributed by atoms with van der Waals surface area (Å²) in [4.78, 5) is 56.3. The van der Waals surface area contributed by atoms with E-state index in [0.29, 0.717) is 37.1 Å². The number of benzene rings is 4. The van der Waals surface area contributed by atoms with Gasteiger partial charge in [-0.25, -0.2) is 0 Å². The summed E-state index contributed by atoms with van der Waals surface area (Å²) in [6.45, 7) is 0.636. The molecule has 50 heavy (non-hydrogen) atoms. The van der Waals surface area contributed by atoms with Gasteiger partial charge in [-0.2, -0.15) is 0 Å². The Kier molecular flexibility index (Phi) is 13.5. The van der Waals surface area contributed by atoms with Gasteiger partial charge in [0.1, 0.15) is 11.4 Å². The van der Waals surface area contributed by atoms with Crippen LogP contribution in [0.15, 0.2) is 121 Å². The van der Waals surface area contributed by atoms with E-state index in [-0.39, 0.29) is 11.4 Å². The highest BCUT2D eigenvalue weighted by Crippen LogP contribution is 2.16. The maximum atomic E-state index is 13.2. The Morgan fingerprint density at radius 3 is 1.16 bits per heavy atom. The molecule has 258 valence electrons. The number of carbonyl (C=O) groups is 4. The molecule has 0 aliphatic rings. The van der Waals surface area contributed by atoms with Crippen molar-refractivity contribution in [1.82, 2.24) is 21.3 Å². The minimum Gasteiger partial charge on any atom is -0.378 e. The van der Waals surface area contributed by atoms with Crippen molar-refractivity contribution in [2.24, 2.45) is 0 Å². The second kappa shape index (κ2) is 18.4. The van der Waals surface area contributed by atoms with E-state index < -0.39 is 23.6 Å². The second-order valence-electron chi connectivity index (χ2n) is 11.9. The van der Waals surface area contributed by atoms with Crippen LogP contribution in [0.1, 0.15) is 44.7 Å². The fourth-order valence-electron chi connectivity index (χ4n) is 4.80. The summed E-state index contributed by atoms with van der Waals surface area (Å²) in [6.07, 6.45) is 4.40. The predicted octanol–water partition coefficient (Wildman–Crippen LogP) is 5.07. The lowest BCUT2D eigenvalue weighted by Crippen LogP contribution is -2.36. The van der Waals surface area contributed by atoms with Crippen LogP contribution < -0.4 is 31.1 Å². The van der Waals surface area contributed by atoms with Crippen LogP contribution in [0.4, 0.5) is 11.4 Å². The fourth-order valence-corrected chi connectivity index (χ4v) is 4.80. The molecule has 0 fully saturated rings. The first-order chi connectivity index (χ1) is 24.1. The van der Waals surface area contributed by atoms with Gasteiger partial charge in [0.15, 0.2) is 0 Å². The van der Waals surface area contributed by atoms with Gasteiger partial charge in [-0.05, 0) is 84.7 Å². The zero-order valence-corrected chi connectivity index (χ0v) is 28.9. The third kappa shape index (κ3) is 11.2. The van der Waals surface area contributed by atoms with Gasteiger partial charge in [0.25, 0.3) is 23.6 Å². The number of nitrogens with zero attached hydrogens (tertiary/aromatic N) is 2. The number of rotatable bonds is 15. The maximum Gasteiger partial charge on any atom is 0.267 e. The Hall–Kier alpha value is -6.16.